The van der Waals surface area contributed by atoms with Gasteiger partial charge in [-0.2, -0.15) is 0 Å². The maximum atomic E-state index is 13.2. The molecule has 0 radical (unpaired) electrons. The second kappa shape index (κ2) is 10.8. The minimum Gasteiger partial charge on any atom is -0.463 e. The van der Waals surface area contributed by atoms with Crippen LogP contribution >= 0.6 is 11.8 Å². The Bertz CT molecular complexity index is 1290. The number of esters is 1. The third-order valence-electron chi connectivity index (χ3n) is 6.10. The normalized spacial score (nSPS) is 14.8. The highest BCUT2D eigenvalue weighted by Gasteiger charge is 2.36. The molecule has 0 bridgehead atoms. The van der Waals surface area contributed by atoms with Crippen molar-refractivity contribution in [2.45, 2.75) is 38.4 Å². The largest absolute Gasteiger partial charge is 0.463 e. The number of thioether (sulfide) groups is 1. The highest BCUT2D eigenvalue weighted by Crippen LogP contribution is 2.40. The van der Waals surface area contributed by atoms with Gasteiger partial charge in [-0.15, -0.1) is 0 Å². The summed E-state index contributed by atoms with van der Waals surface area (Å²) in [5.74, 6) is -0.558. The molecule has 8 heteroatoms. The standard InChI is InChI=1S/C27H30N4O3S/c1-5-31(16-18-10-8-7-9-11-18)20-14-12-19(13-15-20)22-21(26(33)34-6-2)17(3)28-24-23(22)25(32)30-27(29-24)35-4/h7-15,22H,5-6,16H2,1-4H3,(H2,28,29,30,32). The lowest BCUT2D eigenvalue weighted by atomic mass is 9.82. The van der Waals surface area contributed by atoms with Crippen LogP contribution in [0, 0.1) is 0 Å². The molecule has 0 aliphatic carbocycles. The van der Waals surface area contributed by atoms with Gasteiger partial charge in [0.1, 0.15) is 5.82 Å². The van der Waals surface area contributed by atoms with Crippen molar-refractivity contribution >= 4 is 29.2 Å². The number of hydrogen-bond acceptors (Lipinski definition) is 7. The van der Waals surface area contributed by atoms with Crippen LogP contribution in [0.25, 0.3) is 0 Å². The van der Waals surface area contributed by atoms with Crippen molar-refractivity contribution in [2.75, 3.05) is 29.6 Å². The van der Waals surface area contributed by atoms with Crippen molar-refractivity contribution < 1.29 is 9.53 Å². The number of fused-ring (bicyclic) bond motifs is 1. The minimum absolute atomic E-state index is 0.249. The summed E-state index contributed by atoms with van der Waals surface area (Å²) in [6.45, 7) is 7.60. The number of carbonyl (C=O) groups is 1. The molecular formula is C27H30N4O3S. The molecule has 1 aliphatic heterocycles. The van der Waals surface area contributed by atoms with Gasteiger partial charge in [0, 0.05) is 24.5 Å². The van der Waals surface area contributed by atoms with Crippen molar-refractivity contribution in [3.8, 4) is 0 Å². The van der Waals surface area contributed by atoms with E-state index in [1.807, 2.05) is 55.6 Å². The molecule has 2 aromatic carbocycles. The number of aromatic nitrogens is 2. The van der Waals surface area contributed by atoms with Crippen LogP contribution in [0.2, 0.25) is 0 Å². The molecule has 1 aliphatic rings. The molecule has 7 nitrogen and oxygen atoms in total. The fourth-order valence-electron chi connectivity index (χ4n) is 4.41. The van der Waals surface area contributed by atoms with Crippen LogP contribution in [-0.4, -0.2) is 35.3 Å². The summed E-state index contributed by atoms with van der Waals surface area (Å²) in [4.78, 5) is 35.8. The number of hydrogen-bond donors (Lipinski definition) is 2. The minimum atomic E-state index is -0.587. The number of nitrogens with one attached hydrogen (secondary N) is 2. The number of H-pyrrole nitrogens is 1. The van der Waals surface area contributed by atoms with Crippen molar-refractivity contribution in [3.05, 3.63) is 92.9 Å². The van der Waals surface area contributed by atoms with Gasteiger partial charge in [0.05, 0.1) is 23.7 Å². The van der Waals surface area contributed by atoms with Gasteiger partial charge in [-0.05, 0) is 50.3 Å². The molecule has 4 rings (SSSR count). The van der Waals surface area contributed by atoms with Gasteiger partial charge in [0.15, 0.2) is 5.16 Å². The maximum Gasteiger partial charge on any atom is 0.336 e. The van der Waals surface area contributed by atoms with Gasteiger partial charge in [0.25, 0.3) is 5.56 Å². The van der Waals surface area contributed by atoms with E-state index < -0.39 is 11.9 Å². The van der Waals surface area contributed by atoms with Crippen molar-refractivity contribution in [1.29, 1.82) is 0 Å². The predicted octanol–water partition coefficient (Wildman–Crippen LogP) is 4.91. The molecule has 2 heterocycles. The first kappa shape index (κ1) is 24.6. The SMILES string of the molecule is CCOC(=O)C1=C(C)Nc2nc(SC)[nH]c(=O)c2C1c1ccc(N(CC)Cc2ccccc2)cc1. The number of ether oxygens (including phenoxy) is 1. The average Bonchev–Trinajstić information content (AvgIpc) is 2.87. The lowest BCUT2D eigenvalue weighted by Crippen LogP contribution is -2.31. The highest BCUT2D eigenvalue weighted by atomic mass is 32.2. The van der Waals surface area contributed by atoms with Crippen LogP contribution in [0.3, 0.4) is 0 Å². The van der Waals surface area contributed by atoms with E-state index in [4.69, 9.17) is 4.74 Å². The predicted molar refractivity (Wildman–Crippen MR) is 141 cm³/mol. The first-order valence-electron chi connectivity index (χ1n) is 11.7. The third-order valence-corrected chi connectivity index (χ3v) is 6.68. The Hall–Kier alpha value is -3.52. The molecule has 3 aromatic rings. The van der Waals surface area contributed by atoms with Gasteiger partial charge in [-0.25, -0.2) is 9.78 Å². The van der Waals surface area contributed by atoms with Crippen LogP contribution in [0.5, 0.6) is 0 Å². The van der Waals surface area contributed by atoms with Crippen LogP contribution in [-0.2, 0) is 16.1 Å². The molecular weight excluding hydrogens is 460 g/mol. The summed E-state index contributed by atoms with van der Waals surface area (Å²) in [6, 6.07) is 18.4. The zero-order valence-corrected chi connectivity index (χ0v) is 21.2. The number of allylic oxidation sites excluding steroid dienone is 1. The summed E-state index contributed by atoms with van der Waals surface area (Å²) in [5.41, 5.74) is 4.34. The average molecular weight is 491 g/mol. The topological polar surface area (TPSA) is 87.3 Å². The number of carbonyl (C=O) groups excluding carboxylic acids is 1. The van der Waals surface area contributed by atoms with E-state index in [9.17, 15) is 9.59 Å². The third kappa shape index (κ3) is 5.12. The number of aromatic amines is 1. The van der Waals surface area contributed by atoms with Crippen molar-refractivity contribution in [2.24, 2.45) is 0 Å². The zero-order valence-electron chi connectivity index (χ0n) is 20.4. The van der Waals surface area contributed by atoms with E-state index in [2.05, 4.69) is 39.2 Å². The Morgan fingerprint density at radius 3 is 2.46 bits per heavy atom. The molecule has 35 heavy (non-hydrogen) atoms. The fraction of sp³-hybridized carbons (Fsp3) is 0.296. The molecule has 0 amide bonds. The Morgan fingerprint density at radius 2 is 1.83 bits per heavy atom. The summed E-state index contributed by atoms with van der Waals surface area (Å²) in [7, 11) is 0. The maximum absolute atomic E-state index is 13.2. The summed E-state index contributed by atoms with van der Waals surface area (Å²) >= 11 is 1.36. The summed E-state index contributed by atoms with van der Waals surface area (Å²) in [5, 5.41) is 3.67. The Kier molecular flexibility index (Phi) is 7.60. The molecule has 1 unspecified atom stereocenters. The molecule has 0 saturated carbocycles. The van der Waals surface area contributed by atoms with E-state index in [0.717, 1.165) is 24.3 Å². The summed E-state index contributed by atoms with van der Waals surface area (Å²) in [6.07, 6.45) is 1.85. The Morgan fingerprint density at radius 1 is 1.11 bits per heavy atom. The van der Waals surface area contributed by atoms with Gasteiger partial charge < -0.3 is 19.9 Å². The van der Waals surface area contributed by atoms with Crippen LogP contribution in [0.15, 0.2) is 75.8 Å². The second-order valence-corrected chi connectivity index (χ2v) is 9.04. The molecule has 1 aromatic heterocycles. The van der Waals surface area contributed by atoms with Gasteiger partial charge in [-0.1, -0.05) is 54.2 Å². The second-order valence-electron chi connectivity index (χ2n) is 8.25. The van der Waals surface area contributed by atoms with Gasteiger partial charge >= 0.3 is 5.97 Å². The number of benzene rings is 2. The monoisotopic (exact) mass is 490 g/mol. The first-order chi connectivity index (χ1) is 17.0. The molecule has 1 atom stereocenters. The van der Waals surface area contributed by atoms with Crippen molar-refractivity contribution in [1.82, 2.24) is 9.97 Å². The zero-order chi connectivity index (χ0) is 24.9. The Balaban J connectivity index is 1.76. The molecule has 182 valence electrons. The van der Waals surface area contributed by atoms with Crippen LogP contribution in [0.4, 0.5) is 11.5 Å². The van der Waals surface area contributed by atoms with Crippen molar-refractivity contribution in [3.63, 3.8) is 0 Å². The van der Waals surface area contributed by atoms with Gasteiger partial charge in [-0.3, -0.25) is 4.79 Å². The smallest absolute Gasteiger partial charge is 0.336 e. The highest BCUT2D eigenvalue weighted by molar-refractivity contribution is 7.98. The van der Waals surface area contributed by atoms with E-state index in [-0.39, 0.29) is 12.2 Å². The van der Waals surface area contributed by atoms with Crippen LogP contribution < -0.4 is 15.8 Å². The van der Waals surface area contributed by atoms with E-state index >= 15 is 0 Å². The lowest BCUT2D eigenvalue weighted by molar-refractivity contribution is -0.138. The number of nitrogens with zero attached hydrogens (tertiary/aromatic N) is 2. The van der Waals surface area contributed by atoms with E-state index in [0.29, 0.717) is 27.8 Å². The molecule has 0 spiro atoms. The first-order valence-corrected chi connectivity index (χ1v) is 12.9. The van der Waals surface area contributed by atoms with Crippen LogP contribution in [0.1, 0.15) is 43.4 Å². The molecule has 2 N–H and O–H groups in total. The number of anilines is 2. The fourth-order valence-corrected chi connectivity index (χ4v) is 4.78. The van der Waals surface area contributed by atoms with Gasteiger partial charge in [0.2, 0.25) is 0 Å². The molecule has 0 fully saturated rings. The quantitative estimate of drug-likeness (QED) is 0.263. The molecule has 0 saturated heterocycles. The lowest BCUT2D eigenvalue weighted by Gasteiger charge is -2.29. The van der Waals surface area contributed by atoms with E-state index in [1.54, 1.807) is 6.92 Å². The number of rotatable bonds is 8. The summed E-state index contributed by atoms with van der Waals surface area (Å²) < 4.78 is 5.37. The van der Waals surface area contributed by atoms with E-state index in [1.165, 1.54) is 17.3 Å². The Labute approximate surface area is 209 Å².